The van der Waals surface area contributed by atoms with Gasteiger partial charge in [-0.05, 0) is 23.6 Å². The fourth-order valence-corrected chi connectivity index (χ4v) is 1.84. The van der Waals surface area contributed by atoms with E-state index < -0.39 is 11.9 Å². The first-order chi connectivity index (χ1) is 8.81. The molecule has 4 nitrogen and oxygen atoms in total. The molecule has 0 fully saturated rings. The Morgan fingerprint density at radius 3 is 2.61 bits per heavy atom. The largest absolute Gasteiger partial charge is 0.349 e. The van der Waals surface area contributed by atoms with Crippen molar-refractivity contribution in [3.05, 3.63) is 66.0 Å². The van der Waals surface area contributed by atoms with Crippen LogP contribution in [0.2, 0.25) is 0 Å². The van der Waals surface area contributed by atoms with E-state index in [2.05, 4.69) is 9.87 Å². The molecule has 4 heteroatoms. The van der Waals surface area contributed by atoms with Gasteiger partial charge in [-0.25, -0.2) is 4.79 Å². The van der Waals surface area contributed by atoms with E-state index in [0.29, 0.717) is 6.42 Å². The first kappa shape index (κ1) is 12.3. The van der Waals surface area contributed by atoms with Crippen LogP contribution in [0.15, 0.2) is 54.9 Å². The molecule has 0 saturated carbocycles. The smallest absolute Gasteiger partial charge is 0.300 e. The van der Waals surface area contributed by atoms with Crippen LogP contribution in [0.3, 0.4) is 0 Å². The molecule has 1 N–H and O–H groups in total. The normalized spacial score (nSPS) is 11.8. The highest BCUT2D eigenvalue weighted by Crippen LogP contribution is 2.21. The van der Waals surface area contributed by atoms with Gasteiger partial charge in [0.15, 0.2) is 0 Å². The SMILES string of the molecule is O=C(OO)C(Cc1cccnc1)c1ccccc1. The molecule has 0 spiro atoms. The Morgan fingerprint density at radius 1 is 1.22 bits per heavy atom. The molecule has 1 aromatic heterocycles. The molecule has 0 aliphatic rings. The molecular formula is C14H13NO3. The minimum absolute atomic E-state index is 0.442. The minimum Gasteiger partial charge on any atom is -0.300 e. The summed E-state index contributed by atoms with van der Waals surface area (Å²) in [5, 5.41) is 8.58. The van der Waals surface area contributed by atoms with Crippen LogP contribution in [-0.2, 0) is 16.1 Å². The molecule has 2 rings (SSSR count). The van der Waals surface area contributed by atoms with Gasteiger partial charge in [-0.3, -0.25) is 4.98 Å². The van der Waals surface area contributed by atoms with Gasteiger partial charge in [0, 0.05) is 12.4 Å². The molecule has 0 radical (unpaired) electrons. The lowest BCUT2D eigenvalue weighted by molar-refractivity contribution is -0.236. The van der Waals surface area contributed by atoms with Crippen LogP contribution in [0, 0.1) is 0 Å². The monoisotopic (exact) mass is 243 g/mol. The van der Waals surface area contributed by atoms with Gasteiger partial charge in [-0.15, -0.1) is 0 Å². The number of carbonyl (C=O) groups excluding carboxylic acids is 1. The number of carbonyl (C=O) groups is 1. The van der Waals surface area contributed by atoms with E-state index in [0.717, 1.165) is 11.1 Å². The van der Waals surface area contributed by atoms with Crippen LogP contribution < -0.4 is 0 Å². The zero-order valence-electron chi connectivity index (χ0n) is 9.69. The van der Waals surface area contributed by atoms with Crippen LogP contribution in [-0.4, -0.2) is 16.2 Å². The molecule has 0 aliphatic heterocycles. The van der Waals surface area contributed by atoms with Crippen molar-refractivity contribution in [2.75, 3.05) is 0 Å². The summed E-state index contributed by atoms with van der Waals surface area (Å²) in [6.45, 7) is 0. The average molecular weight is 243 g/mol. The van der Waals surface area contributed by atoms with Gasteiger partial charge in [0.1, 0.15) is 0 Å². The van der Waals surface area contributed by atoms with Gasteiger partial charge < -0.3 is 4.89 Å². The number of hydrogen-bond acceptors (Lipinski definition) is 4. The average Bonchev–Trinajstić information content (AvgIpc) is 2.46. The summed E-state index contributed by atoms with van der Waals surface area (Å²) in [5.74, 6) is -1.19. The van der Waals surface area contributed by atoms with Crippen LogP contribution in [0.4, 0.5) is 0 Å². The highest BCUT2D eigenvalue weighted by atomic mass is 17.1. The van der Waals surface area contributed by atoms with Gasteiger partial charge in [0.05, 0.1) is 5.92 Å². The molecule has 0 bridgehead atoms. The fourth-order valence-electron chi connectivity index (χ4n) is 1.84. The second-order valence-corrected chi connectivity index (χ2v) is 3.94. The number of aromatic nitrogens is 1. The maximum absolute atomic E-state index is 11.6. The van der Waals surface area contributed by atoms with Crippen LogP contribution in [0.1, 0.15) is 17.0 Å². The Hall–Kier alpha value is -2.20. The van der Waals surface area contributed by atoms with E-state index >= 15 is 0 Å². The third-order valence-electron chi connectivity index (χ3n) is 2.74. The second kappa shape index (κ2) is 5.93. The Morgan fingerprint density at radius 2 is 2.00 bits per heavy atom. The van der Waals surface area contributed by atoms with Gasteiger partial charge in [0.2, 0.25) is 0 Å². The van der Waals surface area contributed by atoms with Gasteiger partial charge in [0.25, 0.3) is 0 Å². The zero-order chi connectivity index (χ0) is 12.8. The van der Waals surface area contributed by atoms with E-state index in [-0.39, 0.29) is 0 Å². The fraction of sp³-hybridized carbons (Fsp3) is 0.143. The topological polar surface area (TPSA) is 59.4 Å². The second-order valence-electron chi connectivity index (χ2n) is 3.94. The van der Waals surface area contributed by atoms with Crippen LogP contribution in [0.25, 0.3) is 0 Å². The first-order valence-electron chi connectivity index (χ1n) is 5.60. The molecule has 0 saturated heterocycles. The van der Waals surface area contributed by atoms with E-state index in [1.165, 1.54) is 0 Å². The Bertz CT molecular complexity index is 499. The molecule has 1 heterocycles. The maximum atomic E-state index is 11.6. The predicted molar refractivity (Wildman–Crippen MR) is 65.8 cm³/mol. The lowest BCUT2D eigenvalue weighted by Gasteiger charge is -2.13. The van der Waals surface area contributed by atoms with Crippen molar-refractivity contribution in [1.29, 1.82) is 0 Å². The first-order valence-corrected chi connectivity index (χ1v) is 5.60. The summed E-state index contributed by atoms with van der Waals surface area (Å²) in [6.07, 6.45) is 3.81. The molecule has 1 aromatic carbocycles. The van der Waals surface area contributed by atoms with Crippen molar-refractivity contribution in [3.8, 4) is 0 Å². The Balaban J connectivity index is 2.24. The highest BCUT2D eigenvalue weighted by Gasteiger charge is 2.22. The standard InChI is InChI=1S/C14H13NO3/c16-14(18-17)13(12-6-2-1-3-7-12)9-11-5-4-8-15-10-11/h1-8,10,13,17H,9H2. The quantitative estimate of drug-likeness (QED) is 0.661. The summed E-state index contributed by atoms with van der Waals surface area (Å²) < 4.78 is 0. The maximum Gasteiger partial charge on any atom is 0.349 e. The third kappa shape index (κ3) is 2.93. The van der Waals surface area contributed by atoms with E-state index in [1.54, 1.807) is 12.4 Å². The van der Waals surface area contributed by atoms with E-state index in [1.807, 2.05) is 42.5 Å². The highest BCUT2D eigenvalue weighted by molar-refractivity contribution is 5.77. The summed E-state index contributed by atoms with van der Waals surface area (Å²) in [7, 11) is 0. The van der Waals surface area contributed by atoms with E-state index in [9.17, 15) is 4.79 Å². The van der Waals surface area contributed by atoms with Crippen molar-refractivity contribution in [1.82, 2.24) is 4.98 Å². The molecule has 92 valence electrons. The molecule has 18 heavy (non-hydrogen) atoms. The summed E-state index contributed by atoms with van der Waals surface area (Å²) in [5.41, 5.74) is 1.72. The molecule has 0 amide bonds. The summed E-state index contributed by atoms with van der Waals surface area (Å²) >= 11 is 0. The number of rotatable bonds is 4. The van der Waals surface area contributed by atoms with Crippen molar-refractivity contribution < 1.29 is 14.9 Å². The summed E-state index contributed by atoms with van der Waals surface area (Å²) in [4.78, 5) is 19.5. The van der Waals surface area contributed by atoms with Gasteiger partial charge in [-0.1, -0.05) is 36.4 Å². The molecule has 2 aromatic rings. The predicted octanol–water partition coefficient (Wildman–Crippen LogP) is 2.42. The number of hydrogen-bond donors (Lipinski definition) is 1. The van der Waals surface area contributed by atoms with Crippen molar-refractivity contribution in [2.45, 2.75) is 12.3 Å². The summed E-state index contributed by atoms with van der Waals surface area (Å²) in [6, 6.07) is 12.9. The Labute approximate surface area is 105 Å². The van der Waals surface area contributed by atoms with Crippen LogP contribution in [0.5, 0.6) is 0 Å². The molecule has 1 unspecified atom stereocenters. The number of nitrogens with zero attached hydrogens (tertiary/aromatic N) is 1. The van der Waals surface area contributed by atoms with Gasteiger partial charge in [-0.2, -0.15) is 5.26 Å². The third-order valence-corrected chi connectivity index (χ3v) is 2.74. The van der Waals surface area contributed by atoms with Crippen molar-refractivity contribution in [2.24, 2.45) is 0 Å². The van der Waals surface area contributed by atoms with Crippen molar-refractivity contribution >= 4 is 5.97 Å². The lowest BCUT2D eigenvalue weighted by atomic mass is 9.93. The number of benzene rings is 1. The van der Waals surface area contributed by atoms with E-state index in [4.69, 9.17) is 5.26 Å². The lowest BCUT2D eigenvalue weighted by Crippen LogP contribution is -2.17. The minimum atomic E-state index is -0.662. The van der Waals surface area contributed by atoms with Gasteiger partial charge >= 0.3 is 5.97 Å². The van der Waals surface area contributed by atoms with Crippen molar-refractivity contribution in [3.63, 3.8) is 0 Å². The molecule has 0 aliphatic carbocycles. The molecular weight excluding hydrogens is 230 g/mol. The number of pyridine rings is 1. The Kier molecular flexibility index (Phi) is 4.04. The van der Waals surface area contributed by atoms with Crippen LogP contribution >= 0.6 is 0 Å². The zero-order valence-corrected chi connectivity index (χ0v) is 9.69. The molecule has 1 atom stereocenters.